The number of fused-ring (bicyclic) bond motifs is 1. The molecule has 0 saturated heterocycles. The minimum absolute atomic E-state index is 0.295. The summed E-state index contributed by atoms with van der Waals surface area (Å²) in [6, 6.07) is 14.6. The first-order valence-corrected chi connectivity index (χ1v) is 7.04. The van der Waals surface area contributed by atoms with Crippen molar-refractivity contribution in [2.24, 2.45) is 4.40 Å². The molecule has 2 aromatic rings. The van der Waals surface area contributed by atoms with Crippen molar-refractivity contribution in [2.45, 2.75) is 11.8 Å². The first kappa shape index (κ1) is 11.2. The van der Waals surface area contributed by atoms with Crippen LogP contribution in [0.15, 0.2) is 57.8 Å². The van der Waals surface area contributed by atoms with Crippen LogP contribution >= 0.6 is 0 Å². The molecule has 4 heteroatoms. The highest BCUT2D eigenvalue weighted by molar-refractivity contribution is 7.90. The van der Waals surface area contributed by atoms with Crippen molar-refractivity contribution in [2.75, 3.05) is 0 Å². The number of sulfonamides is 1. The van der Waals surface area contributed by atoms with Crippen molar-refractivity contribution in [3.8, 4) is 0 Å². The number of aryl methyl sites for hydroxylation is 1. The minimum atomic E-state index is -3.53. The summed E-state index contributed by atoms with van der Waals surface area (Å²) in [6.07, 6.45) is 0. The third kappa shape index (κ3) is 1.57. The molecular formula is C14H11NO2S. The maximum Gasteiger partial charge on any atom is 0.283 e. The van der Waals surface area contributed by atoms with Gasteiger partial charge in [-0.25, -0.2) is 0 Å². The third-order valence-corrected chi connectivity index (χ3v) is 4.37. The van der Waals surface area contributed by atoms with Crippen LogP contribution in [-0.4, -0.2) is 14.1 Å². The van der Waals surface area contributed by atoms with Crippen molar-refractivity contribution in [1.82, 2.24) is 0 Å². The first-order chi connectivity index (χ1) is 8.59. The lowest BCUT2D eigenvalue weighted by Crippen LogP contribution is -2.02. The van der Waals surface area contributed by atoms with Crippen LogP contribution in [0.1, 0.15) is 16.7 Å². The van der Waals surface area contributed by atoms with Crippen LogP contribution in [0.2, 0.25) is 0 Å². The van der Waals surface area contributed by atoms with E-state index in [2.05, 4.69) is 4.40 Å². The lowest BCUT2D eigenvalue weighted by molar-refractivity contribution is 0.599. The summed E-state index contributed by atoms with van der Waals surface area (Å²) in [6.45, 7) is 1.95. The zero-order valence-electron chi connectivity index (χ0n) is 9.79. The molecule has 18 heavy (non-hydrogen) atoms. The van der Waals surface area contributed by atoms with E-state index in [0.29, 0.717) is 16.2 Å². The zero-order valence-corrected chi connectivity index (χ0v) is 10.6. The van der Waals surface area contributed by atoms with Gasteiger partial charge in [0.05, 0.1) is 10.6 Å². The van der Waals surface area contributed by atoms with E-state index in [9.17, 15) is 8.42 Å². The lowest BCUT2D eigenvalue weighted by atomic mass is 9.98. The van der Waals surface area contributed by atoms with E-state index in [1.807, 2.05) is 37.3 Å². The quantitative estimate of drug-likeness (QED) is 0.788. The summed E-state index contributed by atoms with van der Waals surface area (Å²) in [4.78, 5) is 0.295. The molecule has 0 unspecified atom stereocenters. The molecule has 3 nitrogen and oxygen atoms in total. The predicted molar refractivity (Wildman–Crippen MR) is 70.4 cm³/mol. The molecule has 0 aliphatic carbocycles. The van der Waals surface area contributed by atoms with Crippen LogP contribution < -0.4 is 0 Å². The Morgan fingerprint density at radius 1 is 0.889 bits per heavy atom. The molecule has 0 bridgehead atoms. The van der Waals surface area contributed by atoms with Crippen molar-refractivity contribution >= 4 is 15.7 Å². The van der Waals surface area contributed by atoms with E-state index in [1.165, 1.54) is 0 Å². The highest BCUT2D eigenvalue weighted by Crippen LogP contribution is 2.29. The molecule has 0 aromatic heterocycles. The Hall–Kier alpha value is -1.94. The highest BCUT2D eigenvalue weighted by atomic mass is 32.2. The minimum Gasteiger partial charge on any atom is -0.199 e. The highest BCUT2D eigenvalue weighted by Gasteiger charge is 2.29. The molecule has 3 rings (SSSR count). The molecule has 0 atom stereocenters. The summed E-state index contributed by atoms with van der Waals surface area (Å²) in [5, 5.41) is 0. The fraction of sp³-hybridized carbons (Fsp3) is 0.0714. The van der Waals surface area contributed by atoms with E-state index in [1.54, 1.807) is 18.2 Å². The maximum absolute atomic E-state index is 12.0. The zero-order chi connectivity index (χ0) is 12.8. The Kier molecular flexibility index (Phi) is 2.35. The van der Waals surface area contributed by atoms with Crippen LogP contribution in [0.4, 0.5) is 0 Å². The third-order valence-electron chi connectivity index (χ3n) is 3.03. The second-order valence-electron chi connectivity index (χ2n) is 4.23. The van der Waals surface area contributed by atoms with Crippen LogP contribution in [-0.2, 0) is 10.0 Å². The van der Waals surface area contributed by atoms with Gasteiger partial charge in [-0.15, -0.1) is 0 Å². The largest absolute Gasteiger partial charge is 0.283 e. The Morgan fingerprint density at radius 3 is 2.22 bits per heavy atom. The molecule has 0 radical (unpaired) electrons. The topological polar surface area (TPSA) is 46.5 Å². The van der Waals surface area contributed by atoms with E-state index in [4.69, 9.17) is 0 Å². The molecule has 0 fully saturated rings. The summed E-state index contributed by atoms with van der Waals surface area (Å²) in [5.41, 5.74) is 3.12. The molecule has 0 amide bonds. The van der Waals surface area contributed by atoms with Crippen molar-refractivity contribution in [1.29, 1.82) is 0 Å². The summed E-state index contributed by atoms with van der Waals surface area (Å²) >= 11 is 0. The molecule has 1 aliphatic heterocycles. The molecular weight excluding hydrogens is 246 g/mol. The number of nitrogens with zero attached hydrogens (tertiary/aromatic N) is 1. The summed E-state index contributed by atoms with van der Waals surface area (Å²) in [7, 11) is -3.53. The van der Waals surface area contributed by atoms with Crippen molar-refractivity contribution in [3.63, 3.8) is 0 Å². The average molecular weight is 257 g/mol. The van der Waals surface area contributed by atoms with Crippen LogP contribution in [0.3, 0.4) is 0 Å². The Morgan fingerprint density at radius 2 is 1.50 bits per heavy atom. The van der Waals surface area contributed by atoms with Gasteiger partial charge >= 0.3 is 0 Å². The monoisotopic (exact) mass is 257 g/mol. The summed E-state index contributed by atoms with van der Waals surface area (Å²) in [5.74, 6) is 0. The molecule has 2 aromatic carbocycles. The van der Waals surface area contributed by atoms with Gasteiger partial charge in [0.2, 0.25) is 0 Å². The fourth-order valence-corrected chi connectivity index (χ4v) is 3.37. The number of hydrogen-bond acceptors (Lipinski definition) is 2. The first-order valence-electron chi connectivity index (χ1n) is 5.60. The Bertz CT molecular complexity index is 761. The van der Waals surface area contributed by atoms with Gasteiger partial charge in [0.25, 0.3) is 10.0 Å². The van der Waals surface area contributed by atoms with Crippen LogP contribution in [0, 0.1) is 6.92 Å². The lowest BCUT2D eigenvalue weighted by Gasteiger charge is -2.05. The van der Waals surface area contributed by atoms with Gasteiger partial charge in [-0.3, -0.25) is 0 Å². The van der Waals surface area contributed by atoms with Crippen molar-refractivity contribution < 1.29 is 8.42 Å². The van der Waals surface area contributed by atoms with Crippen LogP contribution in [0.5, 0.6) is 0 Å². The van der Waals surface area contributed by atoms with Gasteiger partial charge in [-0.2, -0.15) is 12.8 Å². The molecule has 0 saturated carbocycles. The maximum atomic E-state index is 12.0. The van der Waals surface area contributed by atoms with Gasteiger partial charge in [0.1, 0.15) is 0 Å². The fourth-order valence-electron chi connectivity index (χ4n) is 2.14. The number of rotatable bonds is 1. The van der Waals surface area contributed by atoms with E-state index < -0.39 is 10.0 Å². The second kappa shape index (κ2) is 3.78. The van der Waals surface area contributed by atoms with E-state index in [-0.39, 0.29) is 0 Å². The number of hydrogen-bond donors (Lipinski definition) is 0. The van der Waals surface area contributed by atoms with Gasteiger partial charge in [-0.05, 0) is 18.6 Å². The summed E-state index contributed by atoms with van der Waals surface area (Å²) < 4.78 is 27.8. The molecule has 0 N–H and O–H groups in total. The Balaban J connectivity index is 2.31. The van der Waals surface area contributed by atoms with Gasteiger partial charge in [0.15, 0.2) is 0 Å². The molecule has 0 spiro atoms. The van der Waals surface area contributed by atoms with Gasteiger partial charge in [-0.1, -0.05) is 42.5 Å². The second-order valence-corrected chi connectivity index (χ2v) is 5.80. The number of benzene rings is 2. The van der Waals surface area contributed by atoms with Crippen molar-refractivity contribution in [3.05, 3.63) is 65.2 Å². The molecule has 1 aliphatic rings. The predicted octanol–water partition coefficient (Wildman–Crippen LogP) is 2.53. The Labute approximate surface area is 106 Å². The molecule has 1 heterocycles. The average Bonchev–Trinajstić information content (AvgIpc) is 2.63. The van der Waals surface area contributed by atoms with E-state index >= 15 is 0 Å². The standard InChI is InChI=1S/C14H11NO2S/c1-10-6-2-3-7-11(10)14-12-8-4-5-9-13(12)18(16,17)15-14/h2-9H,1H3. The smallest absolute Gasteiger partial charge is 0.199 e. The molecule has 90 valence electrons. The SMILES string of the molecule is Cc1ccccc1C1=NS(=O)(=O)c2ccccc21. The van der Waals surface area contributed by atoms with Crippen LogP contribution in [0.25, 0.3) is 0 Å². The van der Waals surface area contributed by atoms with Gasteiger partial charge < -0.3 is 0 Å². The van der Waals surface area contributed by atoms with Gasteiger partial charge in [0, 0.05) is 11.1 Å². The van der Waals surface area contributed by atoms with E-state index in [0.717, 1.165) is 11.1 Å². The normalized spacial score (nSPS) is 16.2.